The number of hydrogen-bond acceptors (Lipinski definition) is 4. The van der Waals surface area contributed by atoms with Gasteiger partial charge in [-0.3, -0.25) is 9.48 Å². The maximum absolute atomic E-state index is 11.2. The van der Waals surface area contributed by atoms with Crippen LogP contribution >= 0.6 is 0 Å². The van der Waals surface area contributed by atoms with Crippen LogP contribution in [0.1, 0.15) is 19.3 Å². The van der Waals surface area contributed by atoms with E-state index in [4.69, 9.17) is 0 Å². The second-order valence-corrected chi connectivity index (χ2v) is 5.11. The van der Waals surface area contributed by atoms with Crippen molar-refractivity contribution in [2.45, 2.75) is 31.8 Å². The van der Waals surface area contributed by atoms with Gasteiger partial charge in [0.1, 0.15) is 6.54 Å². The second-order valence-electron chi connectivity index (χ2n) is 5.11. The van der Waals surface area contributed by atoms with Gasteiger partial charge >= 0.3 is 0 Å². The Labute approximate surface area is 114 Å². The van der Waals surface area contributed by atoms with Crippen LogP contribution in [0.3, 0.4) is 0 Å². The monoisotopic (exact) mass is 265 g/mol. The number of aromatic nitrogens is 2. The van der Waals surface area contributed by atoms with E-state index in [1.54, 1.807) is 17.9 Å². The molecule has 0 radical (unpaired) electrons. The van der Waals surface area contributed by atoms with Crippen molar-refractivity contribution in [2.24, 2.45) is 0 Å². The maximum Gasteiger partial charge on any atom is 0.241 e. The lowest BCUT2D eigenvalue weighted by Crippen LogP contribution is -2.40. The number of rotatable bonds is 5. The fraction of sp³-hybridized carbons (Fsp3) is 0.692. The zero-order valence-corrected chi connectivity index (χ0v) is 11.7. The number of hydrogen-bond donors (Lipinski definition) is 2. The second kappa shape index (κ2) is 6.56. The zero-order valence-electron chi connectivity index (χ0n) is 11.7. The number of amides is 1. The molecule has 1 aromatic rings. The molecule has 2 heterocycles. The van der Waals surface area contributed by atoms with Crippen LogP contribution in [0, 0.1) is 0 Å². The Kier molecular flexibility index (Phi) is 4.79. The molecule has 1 aliphatic heterocycles. The van der Waals surface area contributed by atoms with Crippen LogP contribution in [0.25, 0.3) is 0 Å². The lowest BCUT2D eigenvalue weighted by Gasteiger charge is -2.32. The largest absolute Gasteiger partial charge is 0.381 e. The highest BCUT2D eigenvalue weighted by molar-refractivity contribution is 5.75. The molecule has 6 heteroatoms. The minimum Gasteiger partial charge on any atom is -0.381 e. The molecule has 0 spiro atoms. The van der Waals surface area contributed by atoms with Gasteiger partial charge in [0, 0.05) is 25.8 Å². The average Bonchev–Trinajstić information content (AvgIpc) is 2.85. The summed E-state index contributed by atoms with van der Waals surface area (Å²) in [6.07, 6.45) is 7.50. The molecule has 1 saturated heterocycles. The molecule has 0 aromatic carbocycles. The molecule has 1 atom stereocenters. The number of piperidine rings is 1. The molecule has 2 rings (SSSR count). The number of carbonyl (C=O) groups is 1. The fourth-order valence-electron chi connectivity index (χ4n) is 2.41. The topological polar surface area (TPSA) is 62.2 Å². The highest BCUT2D eigenvalue weighted by Gasteiger charge is 2.18. The molecule has 1 unspecified atom stereocenters. The first-order valence-electron chi connectivity index (χ1n) is 6.86. The average molecular weight is 265 g/mol. The predicted molar refractivity (Wildman–Crippen MR) is 75.1 cm³/mol. The number of likely N-dealkylation sites (tertiary alicyclic amines) is 1. The first kappa shape index (κ1) is 13.9. The summed E-state index contributed by atoms with van der Waals surface area (Å²) in [4.78, 5) is 13.6. The van der Waals surface area contributed by atoms with Gasteiger partial charge in [-0.15, -0.1) is 0 Å². The molecule has 1 aromatic heterocycles. The van der Waals surface area contributed by atoms with E-state index in [1.807, 2.05) is 6.20 Å². The van der Waals surface area contributed by atoms with E-state index in [2.05, 4.69) is 27.7 Å². The standard InChI is InChI=1S/C13H23N5O/c1-14-13(19)10-18-9-11(7-16-18)15-8-12-5-3-4-6-17(12)2/h7,9,12,15H,3-6,8,10H2,1-2H3,(H,14,19). The van der Waals surface area contributed by atoms with Gasteiger partial charge in [0.05, 0.1) is 11.9 Å². The van der Waals surface area contributed by atoms with Crippen LogP contribution in [0.5, 0.6) is 0 Å². The van der Waals surface area contributed by atoms with Crippen LogP contribution in [0.4, 0.5) is 5.69 Å². The van der Waals surface area contributed by atoms with Crippen molar-refractivity contribution in [1.82, 2.24) is 20.0 Å². The summed E-state index contributed by atoms with van der Waals surface area (Å²) < 4.78 is 1.64. The SMILES string of the molecule is CNC(=O)Cn1cc(NCC2CCCCN2C)cn1. The molecule has 19 heavy (non-hydrogen) atoms. The number of likely N-dealkylation sites (N-methyl/N-ethyl adjacent to an activating group) is 2. The molecule has 106 valence electrons. The first-order chi connectivity index (χ1) is 9.19. The highest BCUT2D eigenvalue weighted by Crippen LogP contribution is 2.15. The molecular weight excluding hydrogens is 242 g/mol. The maximum atomic E-state index is 11.2. The minimum atomic E-state index is -0.0401. The van der Waals surface area contributed by atoms with Crippen molar-refractivity contribution >= 4 is 11.6 Å². The van der Waals surface area contributed by atoms with Gasteiger partial charge in [-0.1, -0.05) is 6.42 Å². The summed E-state index contributed by atoms with van der Waals surface area (Å²) in [5.74, 6) is -0.0401. The third-order valence-corrected chi connectivity index (χ3v) is 3.68. The van der Waals surface area contributed by atoms with E-state index in [0.717, 1.165) is 12.2 Å². The van der Waals surface area contributed by atoms with E-state index in [1.165, 1.54) is 25.8 Å². The third-order valence-electron chi connectivity index (χ3n) is 3.68. The Morgan fingerprint density at radius 3 is 3.11 bits per heavy atom. The lowest BCUT2D eigenvalue weighted by atomic mass is 10.0. The normalized spacial score (nSPS) is 20.2. The van der Waals surface area contributed by atoms with Crippen LogP contribution < -0.4 is 10.6 Å². The summed E-state index contributed by atoms with van der Waals surface area (Å²) in [6.45, 7) is 2.38. The summed E-state index contributed by atoms with van der Waals surface area (Å²) in [7, 11) is 3.81. The molecule has 2 N–H and O–H groups in total. The fourth-order valence-corrected chi connectivity index (χ4v) is 2.41. The van der Waals surface area contributed by atoms with Gasteiger partial charge in [-0.05, 0) is 26.4 Å². The van der Waals surface area contributed by atoms with Gasteiger partial charge in [-0.25, -0.2) is 0 Å². The van der Waals surface area contributed by atoms with Gasteiger partial charge in [0.15, 0.2) is 0 Å². The van der Waals surface area contributed by atoms with Gasteiger partial charge in [-0.2, -0.15) is 5.10 Å². The summed E-state index contributed by atoms with van der Waals surface area (Å²) in [5.41, 5.74) is 0.975. The van der Waals surface area contributed by atoms with Gasteiger partial charge in [0.2, 0.25) is 5.91 Å². The van der Waals surface area contributed by atoms with Gasteiger partial charge in [0.25, 0.3) is 0 Å². The highest BCUT2D eigenvalue weighted by atomic mass is 16.1. The van der Waals surface area contributed by atoms with Crippen LogP contribution in [-0.4, -0.2) is 53.8 Å². The number of nitrogens with zero attached hydrogens (tertiary/aromatic N) is 3. The van der Waals surface area contributed by atoms with Crippen molar-refractivity contribution in [3.63, 3.8) is 0 Å². The summed E-state index contributed by atoms with van der Waals surface area (Å²) in [5, 5.41) is 10.2. The van der Waals surface area contributed by atoms with Crippen molar-refractivity contribution in [3.8, 4) is 0 Å². The molecule has 6 nitrogen and oxygen atoms in total. The molecule has 0 saturated carbocycles. The molecule has 1 amide bonds. The Balaban J connectivity index is 1.81. The zero-order chi connectivity index (χ0) is 13.7. The number of carbonyl (C=O) groups excluding carboxylic acids is 1. The molecule has 1 fully saturated rings. The molecule has 1 aliphatic rings. The van der Waals surface area contributed by atoms with Crippen LogP contribution in [0.2, 0.25) is 0 Å². The number of nitrogens with one attached hydrogen (secondary N) is 2. The third kappa shape index (κ3) is 3.96. The van der Waals surface area contributed by atoms with E-state index in [0.29, 0.717) is 6.04 Å². The van der Waals surface area contributed by atoms with Crippen molar-refractivity contribution in [2.75, 3.05) is 32.5 Å². The Morgan fingerprint density at radius 1 is 1.53 bits per heavy atom. The van der Waals surface area contributed by atoms with Crippen molar-refractivity contribution in [3.05, 3.63) is 12.4 Å². The minimum absolute atomic E-state index is 0.0401. The van der Waals surface area contributed by atoms with Crippen molar-refractivity contribution < 1.29 is 4.79 Å². The van der Waals surface area contributed by atoms with Crippen molar-refractivity contribution in [1.29, 1.82) is 0 Å². The van der Waals surface area contributed by atoms with E-state index in [9.17, 15) is 4.79 Å². The van der Waals surface area contributed by atoms with Crippen LogP contribution in [0.15, 0.2) is 12.4 Å². The molecule has 0 bridgehead atoms. The summed E-state index contributed by atoms with van der Waals surface area (Å²) >= 11 is 0. The first-order valence-corrected chi connectivity index (χ1v) is 6.86. The smallest absolute Gasteiger partial charge is 0.241 e. The Hall–Kier alpha value is -1.56. The number of anilines is 1. The summed E-state index contributed by atoms with van der Waals surface area (Å²) in [6, 6.07) is 0.594. The Morgan fingerprint density at radius 2 is 2.37 bits per heavy atom. The lowest BCUT2D eigenvalue weighted by molar-refractivity contribution is -0.121. The van der Waals surface area contributed by atoms with Crippen LogP contribution in [-0.2, 0) is 11.3 Å². The van der Waals surface area contributed by atoms with E-state index in [-0.39, 0.29) is 12.5 Å². The quantitative estimate of drug-likeness (QED) is 0.815. The Bertz CT molecular complexity index is 417. The molecule has 0 aliphatic carbocycles. The van der Waals surface area contributed by atoms with Gasteiger partial charge < -0.3 is 15.5 Å². The van der Waals surface area contributed by atoms with E-state index < -0.39 is 0 Å². The molecular formula is C13H23N5O. The van der Waals surface area contributed by atoms with E-state index >= 15 is 0 Å². The predicted octanol–water partition coefficient (Wildman–Crippen LogP) is 0.525.